The maximum Gasteiger partial charge on any atom is 0.0522 e. The molecular formula is C15H23N3S. The molecule has 19 heavy (non-hydrogen) atoms. The Balaban J connectivity index is 2.16. The summed E-state index contributed by atoms with van der Waals surface area (Å²) in [5, 5.41) is 10.2. The van der Waals surface area contributed by atoms with Gasteiger partial charge in [-0.25, -0.2) is 0 Å². The molecule has 1 N–H and O–H groups in total. The van der Waals surface area contributed by atoms with E-state index < -0.39 is 0 Å². The molecule has 0 fully saturated rings. The van der Waals surface area contributed by atoms with Gasteiger partial charge in [0.25, 0.3) is 0 Å². The van der Waals surface area contributed by atoms with Crippen LogP contribution in [0.1, 0.15) is 42.8 Å². The predicted octanol–water partition coefficient (Wildman–Crippen LogP) is 3.42. The fourth-order valence-corrected chi connectivity index (χ4v) is 3.44. The monoisotopic (exact) mass is 277 g/mol. The highest BCUT2D eigenvalue weighted by Crippen LogP contribution is 2.27. The summed E-state index contributed by atoms with van der Waals surface area (Å²) in [5.74, 6) is 0. The summed E-state index contributed by atoms with van der Waals surface area (Å²) < 4.78 is 1.99. The van der Waals surface area contributed by atoms with Crippen molar-refractivity contribution in [3.8, 4) is 0 Å². The number of aromatic nitrogens is 2. The third kappa shape index (κ3) is 3.45. The largest absolute Gasteiger partial charge is 0.309 e. The van der Waals surface area contributed by atoms with Crippen LogP contribution in [0.4, 0.5) is 0 Å². The smallest absolute Gasteiger partial charge is 0.0522 e. The van der Waals surface area contributed by atoms with Crippen LogP contribution in [0.3, 0.4) is 0 Å². The third-order valence-electron chi connectivity index (χ3n) is 3.38. The Kier molecular flexibility index (Phi) is 5.16. The molecule has 0 bridgehead atoms. The van der Waals surface area contributed by atoms with Crippen LogP contribution in [-0.4, -0.2) is 16.3 Å². The second-order valence-electron chi connectivity index (χ2n) is 4.68. The zero-order chi connectivity index (χ0) is 13.7. The molecule has 0 spiro atoms. The van der Waals surface area contributed by atoms with E-state index in [4.69, 9.17) is 0 Å². The number of nitrogens with one attached hydrogen (secondary N) is 1. The summed E-state index contributed by atoms with van der Waals surface area (Å²) in [4.78, 5) is 1.48. The van der Waals surface area contributed by atoms with E-state index in [1.807, 2.05) is 22.2 Å². The average Bonchev–Trinajstić information content (AvgIpc) is 3.06. The van der Waals surface area contributed by atoms with E-state index >= 15 is 0 Å². The summed E-state index contributed by atoms with van der Waals surface area (Å²) in [5.41, 5.74) is 2.78. The van der Waals surface area contributed by atoms with Gasteiger partial charge in [0.1, 0.15) is 0 Å². The van der Waals surface area contributed by atoms with Crippen LogP contribution in [0.25, 0.3) is 0 Å². The average molecular weight is 277 g/mol. The Morgan fingerprint density at radius 2 is 2.21 bits per heavy atom. The fourth-order valence-electron chi connectivity index (χ4n) is 2.37. The molecule has 1 atom stereocenters. The Hall–Kier alpha value is -1.13. The highest BCUT2D eigenvalue weighted by molar-refractivity contribution is 7.10. The van der Waals surface area contributed by atoms with Crippen LogP contribution in [0.5, 0.6) is 0 Å². The minimum Gasteiger partial charge on any atom is -0.309 e. The molecule has 104 valence electrons. The first kappa shape index (κ1) is 14.3. The van der Waals surface area contributed by atoms with Crippen molar-refractivity contribution in [1.29, 1.82) is 0 Å². The first-order valence-corrected chi connectivity index (χ1v) is 7.97. The lowest BCUT2D eigenvalue weighted by molar-refractivity contribution is 0.554. The van der Waals surface area contributed by atoms with Crippen LogP contribution in [0, 0.1) is 0 Å². The number of rotatable bonds is 7. The Morgan fingerprint density at radius 3 is 2.84 bits per heavy atom. The topological polar surface area (TPSA) is 29.9 Å². The highest BCUT2D eigenvalue weighted by atomic mass is 32.1. The summed E-state index contributed by atoms with van der Waals surface area (Å²) in [6.45, 7) is 8.44. The number of aryl methyl sites for hydroxylation is 2. The number of likely N-dealkylation sites (N-methyl/N-ethyl adjacent to an activating group) is 1. The standard InChI is InChI=1S/C15H23N3S/c1-4-13-7-8-19-15(13)14(16-5-2)9-12-10-17-18(6-3)11-12/h7-8,10-11,14,16H,4-6,9H2,1-3H3. The Bertz CT molecular complexity index is 501. The SMILES string of the molecule is CCNC(Cc1cnn(CC)c1)c1sccc1CC. The molecule has 4 heteroatoms. The lowest BCUT2D eigenvalue weighted by atomic mass is 10.0. The van der Waals surface area contributed by atoms with Crippen LogP contribution >= 0.6 is 11.3 Å². The molecule has 1 unspecified atom stereocenters. The van der Waals surface area contributed by atoms with Crippen molar-refractivity contribution in [3.05, 3.63) is 39.8 Å². The van der Waals surface area contributed by atoms with Gasteiger partial charge in [-0.05, 0) is 48.9 Å². The molecule has 0 aliphatic heterocycles. The van der Waals surface area contributed by atoms with Gasteiger partial charge in [0, 0.05) is 23.7 Å². The lowest BCUT2D eigenvalue weighted by Gasteiger charge is -2.17. The van der Waals surface area contributed by atoms with Gasteiger partial charge in [-0.2, -0.15) is 5.10 Å². The first-order valence-electron chi connectivity index (χ1n) is 7.09. The molecule has 2 heterocycles. The van der Waals surface area contributed by atoms with Gasteiger partial charge in [-0.3, -0.25) is 4.68 Å². The molecule has 0 aromatic carbocycles. The summed E-state index contributed by atoms with van der Waals surface area (Å²) >= 11 is 1.86. The number of hydrogen-bond donors (Lipinski definition) is 1. The molecule has 3 nitrogen and oxygen atoms in total. The zero-order valence-corrected chi connectivity index (χ0v) is 12.8. The van der Waals surface area contributed by atoms with Crippen LogP contribution in [-0.2, 0) is 19.4 Å². The van der Waals surface area contributed by atoms with Gasteiger partial charge in [-0.1, -0.05) is 13.8 Å². The van der Waals surface area contributed by atoms with E-state index in [0.29, 0.717) is 6.04 Å². The second kappa shape index (κ2) is 6.87. The van der Waals surface area contributed by atoms with Gasteiger partial charge < -0.3 is 5.32 Å². The van der Waals surface area contributed by atoms with Crippen molar-refractivity contribution < 1.29 is 0 Å². The fraction of sp³-hybridized carbons (Fsp3) is 0.533. The number of nitrogens with zero attached hydrogens (tertiary/aromatic N) is 2. The molecule has 0 saturated heterocycles. The van der Waals surface area contributed by atoms with Gasteiger partial charge in [0.2, 0.25) is 0 Å². The molecule has 0 aliphatic rings. The predicted molar refractivity (Wildman–Crippen MR) is 81.7 cm³/mol. The summed E-state index contributed by atoms with van der Waals surface area (Å²) in [6, 6.07) is 2.66. The lowest BCUT2D eigenvalue weighted by Crippen LogP contribution is -2.22. The van der Waals surface area contributed by atoms with Crippen molar-refractivity contribution >= 4 is 11.3 Å². The molecule has 0 radical (unpaired) electrons. The number of thiophene rings is 1. The minimum atomic E-state index is 0.412. The van der Waals surface area contributed by atoms with E-state index in [0.717, 1.165) is 25.9 Å². The van der Waals surface area contributed by atoms with Crippen LogP contribution in [0.2, 0.25) is 0 Å². The summed E-state index contributed by atoms with van der Waals surface area (Å²) in [6.07, 6.45) is 6.27. The van der Waals surface area contributed by atoms with Crippen LogP contribution < -0.4 is 5.32 Å². The van der Waals surface area contributed by atoms with Crippen molar-refractivity contribution in [1.82, 2.24) is 15.1 Å². The van der Waals surface area contributed by atoms with Crippen molar-refractivity contribution in [3.63, 3.8) is 0 Å². The molecule has 0 saturated carbocycles. The molecule has 2 aromatic heterocycles. The van der Waals surface area contributed by atoms with E-state index in [2.05, 4.69) is 48.8 Å². The van der Waals surface area contributed by atoms with E-state index in [1.165, 1.54) is 16.0 Å². The normalized spacial score (nSPS) is 12.8. The van der Waals surface area contributed by atoms with E-state index in [-0.39, 0.29) is 0 Å². The van der Waals surface area contributed by atoms with E-state index in [1.54, 1.807) is 0 Å². The molecule has 2 aromatic rings. The maximum atomic E-state index is 4.36. The molecule has 0 amide bonds. The molecule has 0 aliphatic carbocycles. The zero-order valence-electron chi connectivity index (χ0n) is 12.0. The number of hydrogen-bond acceptors (Lipinski definition) is 3. The maximum absolute atomic E-state index is 4.36. The second-order valence-corrected chi connectivity index (χ2v) is 5.63. The summed E-state index contributed by atoms with van der Waals surface area (Å²) in [7, 11) is 0. The Labute approximate surface area is 119 Å². The first-order chi connectivity index (χ1) is 9.28. The minimum absolute atomic E-state index is 0.412. The quantitative estimate of drug-likeness (QED) is 0.840. The molecule has 2 rings (SSSR count). The molecular weight excluding hydrogens is 254 g/mol. The van der Waals surface area contributed by atoms with Crippen molar-refractivity contribution in [2.75, 3.05) is 6.54 Å². The van der Waals surface area contributed by atoms with E-state index in [9.17, 15) is 0 Å². The van der Waals surface area contributed by atoms with Crippen LogP contribution in [0.15, 0.2) is 23.8 Å². The van der Waals surface area contributed by atoms with Gasteiger partial charge in [0.05, 0.1) is 6.20 Å². The van der Waals surface area contributed by atoms with Crippen molar-refractivity contribution in [2.45, 2.75) is 46.2 Å². The van der Waals surface area contributed by atoms with Gasteiger partial charge in [0.15, 0.2) is 0 Å². The van der Waals surface area contributed by atoms with Crippen molar-refractivity contribution in [2.24, 2.45) is 0 Å². The van der Waals surface area contributed by atoms with Gasteiger partial charge in [-0.15, -0.1) is 11.3 Å². The highest BCUT2D eigenvalue weighted by Gasteiger charge is 2.16. The van der Waals surface area contributed by atoms with Gasteiger partial charge >= 0.3 is 0 Å². The Morgan fingerprint density at radius 1 is 1.37 bits per heavy atom. The third-order valence-corrected chi connectivity index (χ3v) is 4.45.